The summed E-state index contributed by atoms with van der Waals surface area (Å²) < 4.78 is 15.6. The van der Waals surface area contributed by atoms with Gasteiger partial charge in [-0.15, -0.1) is 0 Å². The molecule has 0 aliphatic carbocycles. The maximum absolute atomic E-state index is 9.33. The van der Waals surface area contributed by atoms with Crippen molar-refractivity contribution in [2.24, 2.45) is 0 Å². The van der Waals surface area contributed by atoms with E-state index < -0.39 is 12.4 Å². The summed E-state index contributed by atoms with van der Waals surface area (Å²) in [6.07, 6.45) is -0.809. The fourth-order valence-corrected chi connectivity index (χ4v) is 1.66. The molecule has 1 N–H and O–H groups in total. The number of aliphatic hydroxyl groups is 1. The maximum atomic E-state index is 9.33. The smallest absolute Gasteiger partial charge is 0.186 e. The van der Waals surface area contributed by atoms with E-state index in [2.05, 4.69) is 0 Å². The SMILES string of the molecule is O[C@H]1[C@H]2OC[C@@H](O2)[C@@H]2O[C@H]12. The molecule has 0 saturated carbocycles. The van der Waals surface area contributed by atoms with Crippen molar-refractivity contribution < 1.29 is 19.3 Å². The van der Waals surface area contributed by atoms with E-state index in [1.54, 1.807) is 0 Å². The van der Waals surface area contributed by atoms with Crippen molar-refractivity contribution >= 4 is 0 Å². The number of ether oxygens (including phenoxy) is 3. The van der Waals surface area contributed by atoms with Crippen LogP contribution in [0.25, 0.3) is 0 Å². The van der Waals surface area contributed by atoms with Gasteiger partial charge in [0.25, 0.3) is 0 Å². The maximum Gasteiger partial charge on any atom is 0.186 e. The zero-order chi connectivity index (χ0) is 6.72. The molecule has 56 valence electrons. The summed E-state index contributed by atoms with van der Waals surface area (Å²) in [5.41, 5.74) is 0. The molecular weight excluding hydrogens is 136 g/mol. The van der Waals surface area contributed by atoms with Gasteiger partial charge in [-0.25, -0.2) is 0 Å². The highest BCUT2D eigenvalue weighted by Gasteiger charge is 2.60. The van der Waals surface area contributed by atoms with E-state index in [4.69, 9.17) is 14.2 Å². The van der Waals surface area contributed by atoms with E-state index in [1.807, 2.05) is 0 Å². The molecule has 3 rings (SSSR count). The Morgan fingerprint density at radius 2 is 2.10 bits per heavy atom. The Balaban J connectivity index is 1.91. The van der Waals surface area contributed by atoms with Gasteiger partial charge in [0, 0.05) is 0 Å². The molecule has 4 heteroatoms. The van der Waals surface area contributed by atoms with E-state index in [9.17, 15) is 5.11 Å². The topological polar surface area (TPSA) is 51.2 Å². The highest BCUT2D eigenvalue weighted by Crippen LogP contribution is 2.41. The Kier molecular flexibility index (Phi) is 0.840. The molecule has 5 atom stereocenters. The molecule has 3 aliphatic heterocycles. The average molecular weight is 144 g/mol. The highest BCUT2D eigenvalue weighted by atomic mass is 16.8. The molecule has 3 saturated heterocycles. The van der Waals surface area contributed by atoms with Crippen LogP contribution in [0.4, 0.5) is 0 Å². The van der Waals surface area contributed by atoms with E-state index >= 15 is 0 Å². The van der Waals surface area contributed by atoms with E-state index in [1.165, 1.54) is 0 Å². The summed E-state index contributed by atoms with van der Waals surface area (Å²) in [7, 11) is 0. The van der Waals surface area contributed by atoms with Gasteiger partial charge < -0.3 is 19.3 Å². The lowest BCUT2D eigenvalue weighted by Crippen LogP contribution is -2.39. The monoisotopic (exact) mass is 144 g/mol. The molecule has 3 heterocycles. The van der Waals surface area contributed by atoms with Crippen LogP contribution in [0, 0.1) is 0 Å². The van der Waals surface area contributed by atoms with Crippen LogP contribution in [0.2, 0.25) is 0 Å². The third-order valence-electron chi connectivity index (χ3n) is 2.28. The predicted octanol–water partition coefficient (Wildman–Crippen LogP) is -1.13. The molecular formula is C6H8O4. The summed E-state index contributed by atoms with van der Waals surface area (Å²) in [6.45, 7) is 0.572. The lowest BCUT2D eigenvalue weighted by molar-refractivity contribution is -0.143. The van der Waals surface area contributed by atoms with Crippen LogP contribution in [-0.4, -0.2) is 42.4 Å². The average Bonchev–Trinajstić information content (AvgIpc) is 2.61. The number of fused-ring (bicyclic) bond motifs is 4. The number of rotatable bonds is 0. The third kappa shape index (κ3) is 0.509. The van der Waals surface area contributed by atoms with E-state index in [0.29, 0.717) is 6.61 Å². The third-order valence-corrected chi connectivity index (χ3v) is 2.28. The van der Waals surface area contributed by atoms with Crippen LogP contribution in [0.15, 0.2) is 0 Å². The summed E-state index contributed by atoms with van der Waals surface area (Å²) in [5, 5.41) is 9.33. The fraction of sp³-hybridized carbons (Fsp3) is 1.00. The van der Waals surface area contributed by atoms with E-state index in [-0.39, 0.29) is 18.3 Å². The Bertz CT molecular complexity index is 169. The molecule has 2 bridgehead atoms. The van der Waals surface area contributed by atoms with E-state index in [0.717, 1.165) is 0 Å². The van der Waals surface area contributed by atoms with Gasteiger partial charge in [0.15, 0.2) is 6.29 Å². The number of hydrogen-bond donors (Lipinski definition) is 1. The van der Waals surface area contributed by atoms with Crippen molar-refractivity contribution in [1.82, 2.24) is 0 Å². The molecule has 0 spiro atoms. The first-order valence-electron chi connectivity index (χ1n) is 3.47. The zero-order valence-electron chi connectivity index (χ0n) is 5.27. The van der Waals surface area contributed by atoms with Crippen molar-refractivity contribution in [3.8, 4) is 0 Å². The minimum Gasteiger partial charge on any atom is -0.385 e. The molecule has 4 nitrogen and oxygen atoms in total. The molecule has 0 aromatic rings. The molecule has 0 aromatic carbocycles. The van der Waals surface area contributed by atoms with Crippen molar-refractivity contribution in [2.45, 2.75) is 30.7 Å². The van der Waals surface area contributed by atoms with Crippen LogP contribution in [0.1, 0.15) is 0 Å². The quantitative estimate of drug-likeness (QED) is 0.437. The second-order valence-corrected chi connectivity index (χ2v) is 2.93. The van der Waals surface area contributed by atoms with Gasteiger partial charge in [-0.3, -0.25) is 0 Å². The molecule has 0 amide bonds. The van der Waals surface area contributed by atoms with Crippen LogP contribution in [0.5, 0.6) is 0 Å². The van der Waals surface area contributed by atoms with Gasteiger partial charge in [-0.1, -0.05) is 0 Å². The van der Waals surface area contributed by atoms with Crippen molar-refractivity contribution in [1.29, 1.82) is 0 Å². The van der Waals surface area contributed by atoms with Gasteiger partial charge in [-0.05, 0) is 0 Å². The molecule has 10 heavy (non-hydrogen) atoms. The number of hydrogen-bond acceptors (Lipinski definition) is 4. The number of aliphatic hydroxyl groups excluding tert-OH is 1. The van der Waals surface area contributed by atoms with Crippen LogP contribution in [-0.2, 0) is 14.2 Å². The Hall–Kier alpha value is -0.160. The molecule has 3 fully saturated rings. The Morgan fingerprint density at radius 3 is 3.00 bits per heavy atom. The molecule has 3 aliphatic rings. The highest BCUT2D eigenvalue weighted by molar-refractivity contribution is 5.03. The lowest BCUT2D eigenvalue weighted by atomic mass is 10.1. The van der Waals surface area contributed by atoms with Crippen LogP contribution in [0.3, 0.4) is 0 Å². The van der Waals surface area contributed by atoms with Gasteiger partial charge in [-0.2, -0.15) is 0 Å². The first-order valence-corrected chi connectivity index (χ1v) is 3.47. The Morgan fingerprint density at radius 1 is 1.20 bits per heavy atom. The second-order valence-electron chi connectivity index (χ2n) is 2.93. The standard InChI is InChI=1S/C6H8O4/c7-3-5-4(10-5)2-1-8-6(3)9-2/h2-7H,1H2/t2-,3-,4+,5-,6+/m1/s1. The van der Waals surface area contributed by atoms with Gasteiger partial charge in [0.2, 0.25) is 0 Å². The zero-order valence-corrected chi connectivity index (χ0v) is 5.27. The molecule has 0 radical (unpaired) electrons. The summed E-state index contributed by atoms with van der Waals surface area (Å²) in [5.74, 6) is 0. The lowest BCUT2D eigenvalue weighted by Gasteiger charge is -2.18. The van der Waals surface area contributed by atoms with Gasteiger partial charge in [0.1, 0.15) is 24.4 Å². The minimum absolute atomic E-state index is 0.00810. The van der Waals surface area contributed by atoms with Crippen molar-refractivity contribution in [2.75, 3.05) is 6.61 Å². The first kappa shape index (κ1) is 5.49. The second kappa shape index (κ2) is 1.53. The summed E-state index contributed by atoms with van der Waals surface area (Å²) >= 11 is 0. The van der Waals surface area contributed by atoms with Gasteiger partial charge in [0.05, 0.1) is 6.61 Å². The molecule has 0 aromatic heterocycles. The predicted molar refractivity (Wildman–Crippen MR) is 29.3 cm³/mol. The van der Waals surface area contributed by atoms with Crippen molar-refractivity contribution in [3.63, 3.8) is 0 Å². The summed E-state index contributed by atoms with van der Waals surface area (Å²) in [6, 6.07) is 0. The molecule has 0 unspecified atom stereocenters. The van der Waals surface area contributed by atoms with Crippen molar-refractivity contribution in [3.05, 3.63) is 0 Å². The summed E-state index contributed by atoms with van der Waals surface area (Å²) in [4.78, 5) is 0. The fourth-order valence-electron chi connectivity index (χ4n) is 1.66. The Labute approximate surface area is 57.7 Å². The van der Waals surface area contributed by atoms with Crippen LogP contribution >= 0.6 is 0 Å². The first-order chi connectivity index (χ1) is 4.86. The number of epoxide rings is 1. The minimum atomic E-state index is -0.566. The normalized spacial score (nSPS) is 63.9. The largest absolute Gasteiger partial charge is 0.385 e. The van der Waals surface area contributed by atoms with Crippen LogP contribution < -0.4 is 0 Å². The van der Waals surface area contributed by atoms with Gasteiger partial charge >= 0.3 is 0 Å².